The predicted molar refractivity (Wildman–Crippen MR) is 106 cm³/mol. The summed E-state index contributed by atoms with van der Waals surface area (Å²) in [5.74, 6) is -1.10. The summed E-state index contributed by atoms with van der Waals surface area (Å²) in [6.45, 7) is 3.08. The molecule has 0 aromatic heterocycles. The van der Waals surface area contributed by atoms with Gasteiger partial charge < -0.3 is 10.4 Å². The number of aliphatic carboxylic acids is 1. The second-order valence-corrected chi connectivity index (χ2v) is 6.88. The van der Waals surface area contributed by atoms with Crippen molar-refractivity contribution < 1.29 is 29.3 Å². The first-order valence-corrected chi connectivity index (χ1v) is 9.86. The maximum absolute atomic E-state index is 12.2. The highest BCUT2D eigenvalue weighted by molar-refractivity contribution is 5.93. The predicted octanol–water partition coefficient (Wildman–Crippen LogP) is 4.78. The van der Waals surface area contributed by atoms with Gasteiger partial charge in [0.05, 0.1) is 5.69 Å². The molecule has 0 atom stereocenters. The third-order valence-corrected chi connectivity index (χ3v) is 4.29. The van der Waals surface area contributed by atoms with Crippen molar-refractivity contribution in [3.63, 3.8) is 0 Å². The van der Waals surface area contributed by atoms with Gasteiger partial charge in [-0.3, -0.25) is 19.4 Å². The highest BCUT2D eigenvalue weighted by Crippen LogP contribution is 2.28. The number of rotatable bonds is 14. The summed E-state index contributed by atoms with van der Waals surface area (Å²) >= 11 is 0. The van der Waals surface area contributed by atoms with E-state index in [4.69, 9.17) is 9.99 Å². The summed E-state index contributed by atoms with van der Waals surface area (Å²) in [6, 6.07) is 5.22. The summed E-state index contributed by atoms with van der Waals surface area (Å²) in [4.78, 5) is 43.1. The first-order valence-electron chi connectivity index (χ1n) is 9.86. The Hall–Kier alpha value is -2.57. The number of hydrogen-bond donors (Lipinski definition) is 2. The number of carbonyl (C=O) groups is 3. The molecule has 2 N–H and O–H groups in total. The summed E-state index contributed by atoms with van der Waals surface area (Å²) in [6.07, 6.45) is 8.50. The van der Waals surface area contributed by atoms with Gasteiger partial charge in [-0.2, -0.15) is 0 Å². The van der Waals surface area contributed by atoms with E-state index in [0.717, 1.165) is 56.9 Å². The van der Waals surface area contributed by atoms with Crippen LogP contribution < -0.4 is 10.2 Å². The molecule has 0 unspecified atom stereocenters. The Kier molecular flexibility index (Phi) is 11.4. The zero-order valence-corrected chi connectivity index (χ0v) is 16.8. The van der Waals surface area contributed by atoms with E-state index in [2.05, 4.69) is 10.2 Å². The van der Waals surface area contributed by atoms with E-state index < -0.39 is 11.9 Å². The Morgan fingerprint density at radius 3 is 2.07 bits per heavy atom. The van der Waals surface area contributed by atoms with Crippen LogP contribution in [0.4, 0.5) is 5.69 Å². The molecule has 0 saturated heterocycles. The van der Waals surface area contributed by atoms with E-state index in [0.29, 0.717) is 17.9 Å². The molecule has 0 radical (unpaired) electrons. The fraction of sp³-hybridized carbons (Fsp3) is 0.571. The SMILES string of the molecule is CC(=O)OOc1cccc(C)c1NC(=O)CCCCCCCCCCC(=O)O. The molecule has 1 amide bonds. The monoisotopic (exact) mass is 393 g/mol. The maximum atomic E-state index is 12.2. The van der Waals surface area contributed by atoms with Crippen molar-refractivity contribution in [2.75, 3.05) is 5.32 Å². The lowest BCUT2D eigenvalue weighted by Crippen LogP contribution is -2.14. The third-order valence-electron chi connectivity index (χ3n) is 4.29. The van der Waals surface area contributed by atoms with Crippen LogP contribution in [-0.2, 0) is 19.3 Å². The normalized spacial score (nSPS) is 10.4. The first-order chi connectivity index (χ1) is 13.4. The molecule has 156 valence electrons. The molecular formula is C21H31NO6. The lowest BCUT2D eigenvalue weighted by Gasteiger charge is -2.12. The van der Waals surface area contributed by atoms with Crippen LogP contribution in [0.1, 0.15) is 76.7 Å². The van der Waals surface area contributed by atoms with Crippen LogP contribution in [0.25, 0.3) is 0 Å². The number of carbonyl (C=O) groups excluding carboxylic acids is 2. The average molecular weight is 393 g/mol. The van der Waals surface area contributed by atoms with Gasteiger partial charge in [-0.15, -0.1) is 0 Å². The van der Waals surface area contributed by atoms with Gasteiger partial charge >= 0.3 is 11.9 Å². The maximum Gasteiger partial charge on any atom is 0.352 e. The van der Waals surface area contributed by atoms with Gasteiger partial charge in [-0.05, 0) is 31.4 Å². The molecule has 0 aliphatic carbocycles. The van der Waals surface area contributed by atoms with E-state index in [-0.39, 0.29) is 12.3 Å². The van der Waals surface area contributed by atoms with E-state index in [1.54, 1.807) is 12.1 Å². The van der Waals surface area contributed by atoms with Crippen LogP contribution in [0.2, 0.25) is 0 Å². The standard InChI is InChI=1S/C21H31NO6/c1-16-12-11-13-18(28-27-17(2)23)21(16)22-19(24)14-9-7-5-3-4-6-8-10-15-20(25)26/h11-13H,3-10,14-15H2,1-2H3,(H,22,24)(H,25,26). The van der Waals surface area contributed by atoms with Gasteiger partial charge in [-0.25, -0.2) is 4.79 Å². The van der Waals surface area contributed by atoms with E-state index in [1.165, 1.54) is 6.92 Å². The van der Waals surface area contributed by atoms with Crippen molar-refractivity contribution >= 4 is 23.5 Å². The molecule has 0 bridgehead atoms. The van der Waals surface area contributed by atoms with Crippen molar-refractivity contribution in [1.82, 2.24) is 0 Å². The van der Waals surface area contributed by atoms with Crippen LogP contribution in [0.3, 0.4) is 0 Å². The molecule has 0 spiro atoms. The van der Waals surface area contributed by atoms with Crippen molar-refractivity contribution in [2.45, 2.75) is 78.1 Å². The quantitative estimate of drug-likeness (QED) is 0.268. The van der Waals surface area contributed by atoms with Crippen LogP contribution >= 0.6 is 0 Å². The Morgan fingerprint density at radius 1 is 0.929 bits per heavy atom. The smallest absolute Gasteiger partial charge is 0.352 e. The number of benzene rings is 1. The number of carboxylic acid groups (broad SMARTS) is 1. The molecule has 1 aromatic carbocycles. The molecular weight excluding hydrogens is 362 g/mol. The van der Waals surface area contributed by atoms with Gasteiger partial charge in [0.15, 0.2) is 0 Å². The number of anilines is 1. The number of unbranched alkanes of at least 4 members (excludes halogenated alkanes) is 7. The zero-order valence-electron chi connectivity index (χ0n) is 16.8. The van der Waals surface area contributed by atoms with Crippen LogP contribution in [0, 0.1) is 6.92 Å². The Labute approximate surface area is 166 Å². The minimum Gasteiger partial charge on any atom is -0.481 e. The van der Waals surface area contributed by atoms with Gasteiger partial charge in [0.2, 0.25) is 11.7 Å². The number of amides is 1. The summed E-state index contributed by atoms with van der Waals surface area (Å²) in [5, 5.41) is 11.4. The van der Waals surface area contributed by atoms with Crippen molar-refractivity contribution in [1.29, 1.82) is 0 Å². The molecule has 7 heteroatoms. The molecule has 1 rings (SSSR count). The second kappa shape index (κ2) is 13.6. The van der Waals surface area contributed by atoms with Crippen LogP contribution in [-0.4, -0.2) is 23.0 Å². The minimum atomic E-state index is -0.728. The average Bonchev–Trinajstić information content (AvgIpc) is 2.63. The van der Waals surface area contributed by atoms with Crippen molar-refractivity contribution in [3.8, 4) is 5.75 Å². The van der Waals surface area contributed by atoms with E-state index in [1.807, 2.05) is 13.0 Å². The number of nitrogens with one attached hydrogen (secondary N) is 1. The Bertz CT molecular complexity index is 644. The summed E-state index contributed by atoms with van der Waals surface area (Å²) < 4.78 is 0. The molecule has 0 aliphatic heterocycles. The molecule has 7 nitrogen and oxygen atoms in total. The van der Waals surface area contributed by atoms with Gasteiger partial charge in [-0.1, -0.05) is 50.7 Å². The molecule has 0 fully saturated rings. The van der Waals surface area contributed by atoms with E-state index in [9.17, 15) is 14.4 Å². The number of para-hydroxylation sites is 1. The Balaban J connectivity index is 2.21. The Morgan fingerprint density at radius 2 is 1.50 bits per heavy atom. The summed E-state index contributed by atoms with van der Waals surface area (Å²) in [7, 11) is 0. The fourth-order valence-corrected chi connectivity index (χ4v) is 2.80. The van der Waals surface area contributed by atoms with Gasteiger partial charge in [0.1, 0.15) is 0 Å². The fourth-order valence-electron chi connectivity index (χ4n) is 2.80. The highest BCUT2D eigenvalue weighted by Gasteiger charge is 2.12. The topological polar surface area (TPSA) is 102 Å². The lowest BCUT2D eigenvalue weighted by atomic mass is 10.1. The minimum absolute atomic E-state index is 0.101. The molecule has 1 aromatic rings. The van der Waals surface area contributed by atoms with Crippen LogP contribution in [0.5, 0.6) is 5.75 Å². The number of aryl methyl sites for hydroxylation is 1. The number of carboxylic acids is 1. The highest BCUT2D eigenvalue weighted by atomic mass is 17.2. The molecule has 0 aliphatic rings. The largest absolute Gasteiger partial charge is 0.481 e. The zero-order chi connectivity index (χ0) is 20.8. The summed E-state index contributed by atoms with van der Waals surface area (Å²) in [5.41, 5.74) is 1.33. The van der Waals surface area contributed by atoms with Crippen LogP contribution in [0.15, 0.2) is 18.2 Å². The van der Waals surface area contributed by atoms with Gasteiger partial charge in [0, 0.05) is 19.8 Å². The lowest BCUT2D eigenvalue weighted by molar-refractivity contribution is -0.210. The van der Waals surface area contributed by atoms with E-state index >= 15 is 0 Å². The molecule has 0 saturated carbocycles. The van der Waals surface area contributed by atoms with Crippen molar-refractivity contribution in [3.05, 3.63) is 23.8 Å². The first kappa shape index (κ1) is 23.5. The van der Waals surface area contributed by atoms with Gasteiger partial charge in [0.25, 0.3) is 0 Å². The third kappa shape index (κ3) is 10.5. The molecule has 0 heterocycles. The molecule has 28 heavy (non-hydrogen) atoms. The van der Waals surface area contributed by atoms with Crippen molar-refractivity contribution in [2.24, 2.45) is 0 Å². The second-order valence-electron chi connectivity index (χ2n) is 6.88. The number of hydrogen-bond acceptors (Lipinski definition) is 5.